The van der Waals surface area contributed by atoms with Gasteiger partial charge in [0, 0.05) is 6.07 Å². The highest BCUT2D eigenvalue weighted by Gasteiger charge is 2.12. The molecular weight excluding hydrogens is 257 g/mol. The number of rotatable bonds is 4. The van der Waals surface area contributed by atoms with Crippen LogP contribution in [0.2, 0.25) is 0 Å². The summed E-state index contributed by atoms with van der Waals surface area (Å²) in [5.41, 5.74) is 1.89. The maximum Gasteiger partial charge on any atom is 0.272 e. The van der Waals surface area contributed by atoms with E-state index in [4.69, 9.17) is 10.6 Å². The normalized spacial score (nSPS) is 10.0. The Labute approximate surface area is 106 Å². The summed E-state index contributed by atoms with van der Waals surface area (Å²) in [5.74, 6) is 4.30. The number of ether oxygens (including phenoxy) is 1. The van der Waals surface area contributed by atoms with Gasteiger partial charge in [-0.05, 0) is 6.07 Å². The number of nitrogens with two attached hydrogens (primary N) is 1. The van der Waals surface area contributed by atoms with Gasteiger partial charge >= 0.3 is 0 Å². The van der Waals surface area contributed by atoms with Crippen molar-refractivity contribution in [3.05, 3.63) is 46.5 Å². The van der Waals surface area contributed by atoms with E-state index in [1.54, 1.807) is 0 Å². The first-order valence-corrected chi connectivity index (χ1v) is 5.00. The summed E-state index contributed by atoms with van der Waals surface area (Å²) in [5, 5.41) is 10.5. The summed E-state index contributed by atoms with van der Waals surface area (Å²) < 4.78 is 18.7. The van der Waals surface area contributed by atoms with Gasteiger partial charge in [-0.15, -0.1) is 0 Å². The third-order valence-electron chi connectivity index (χ3n) is 2.10. The zero-order valence-electron chi connectivity index (χ0n) is 9.41. The Hall–Kier alpha value is -2.81. The Morgan fingerprint density at radius 3 is 2.84 bits per heavy atom. The van der Waals surface area contributed by atoms with E-state index in [9.17, 15) is 14.5 Å². The molecule has 0 aliphatic heterocycles. The second kappa shape index (κ2) is 5.23. The van der Waals surface area contributed by atoms with Gasteiger partial charge in [0.05, 0.1) is 23.4 Å². The molecule has 2 rings (SSSR count). The fourth-order valence-corrected chi connectivity index (χ4v) is 1.27. The zero-order chi connectivity index (χ0) is 13.8. The number of nitrogens with one attached hydrogen (secondary N) is 1. The highest BCUT2D eigenvalue weighted by molar-refractivity contribution is 5.39. The molecule has 0 aliphatic carbocycles. The van der Waals surface area contributed by atoms with Crippen LogP contribution in [0.25, 0.3) is 0 Å². The summed E-state index contributed by atoms with van der Waals surface area (Å²) in [6.07, 6.45) is 2.60. The molecule has 1 aromatic heterocycles. The molecule has 0 fully saturated rings. The molecule has 9 heteroatoms. The van der Waals surface area contributed by atoms with Gasteiger partial charge in [0.25, 0.3) is 5.69 Å². The lowest BCUT2D eigenvalue weighted by Crippen LogP contribution is -2.09. The predicted octanol–water partition coefficient (Wildman–Crippen LogP) is 1.60. The van der Waals surface area contributed by atoms with E-state index < -0.39 is 10.7 Å². The van der Waals surface area contributed by atoms with Gasteiger partial charge in [-0.2, -0.15) is 4.98 Å². The maximum absolute atomic E-state index is 13.6. The number of nitro groups is 1. The van der Waals surface area contributed by atoms with Crippen molar-refractivity contribution in [1.82, 2.24) is 9.97 Å². The number of benzene rings is 1. The molecule has 0 unspecified atom stereocenters. The van der Waals surface area contributed by atoms with Gasteiger partial charge in [-0.25, -0.2) is 10.2 Å². The highest BCUT2D eigenvalue weighted by atomic mass is 19.1. The van der Waals surface area contributed by atoms with Crippen LogP contribution >= 0.6 is 0 Å². The summed E-state index contributed by atoms with van der Waals surface area (Å²) >= 11 is 0. The number of hydrazine groups is 1. The number of nitrogens with zero attached hydrogens (tertiary/aromatic N) is 3. The number of non-ortho nitro benzene ring substituents is 1. The van der Waals surface area contributed by atoms with Gasteiger partial charge in [-0.1, -0.05) is 0 Å². The Balaban J connectivity index is 2.25. The Morgan fingerprint density at radius 2 is 2.21 bits per heavy atom. The molecule has 98 valence electrons. The van der Waals surface area contributed by atoms with Gasteiger partial charge in [-0.3, -0.25) is 15.1 Å². The van der Waals surface area contributed by atoms with E-state index in [2.05, 4.69) is 15.4 Å². The minimum atomic E-state index is -0.873. The fourth-order valence-electron chi connectivity index (χ4n) is 1.27. The van der Waals surface area contributed by atoms with Crippen LogP contribution in [0.5, 0.6) is 11.6 Å². The molecule has 0 radical (unpaired) electrons. The molecule has 0 bridgehead atoms. The number of halogens is 1. The second-order valence-corrected chi connectivity index (χ2v) is 3.36. The molecule has 1 heterocycles. The molecule has 2 aromatic rings. The lowest BCUT2D eigenvalue weighted by Gasteiger charge is -2.06. The van der Waals surface area contributed by atoms with Crippen molar-refractivity contribution in [3.63, 3.8) is 0 Å². The van der Waals surface area contributed by atoms with E-state index in [1.807, 2.05) is 0 Å². The summed E-state index contributed by atoms with van der Waals surface area (Å²) in [7, 11) is 0. The van der Waals surface area contributed by atoms with Crippen LogP contribution in [0.15, 0.2) is 30.6 Å². The maximum atomic E-state index is 13.6. The quantitative estimate of drug-likeness (QED) is 0.490. The monoisotopic (exact) mass is 265 g/mol. The molecule has 0 atom stereocenters. The topological polar surface area (TPSA) is 116 Å². The number of aromatic nitrogens is 2. The molecule has 0 amide bonds. The van der Waals surface area contributed by atoms with Crippen molar-refractivity contribution in [2.24, 2.45) is 5.84 Å². The van der Waals surface area contributed by atoms with Crippen LogP contribution < -0.4 is 16.0 Å². The van der Waals surface area contributed by atoms with Crippen LogP contribution in [0, 0.1) is 15.9 Å². The molecule has 0 saturated carbocycles. The van der Waals surface area contributed by atoms with Crippen LogP contribution in [-0.2, 0) is 0 Å². The summed E-state index contributed by atoms with van der Waals surface area (Å²) in [4.78, 5) is 17.4. The van der Waals surface area contributed by atoms with Crippen molar-refractivity contribution in [3.8, 4) is 11.6 Å². The molecular formula is C10H8FN5O3. The third-order valence-corrected chi connectivity index (χ3v) is 2.10. The van der Waals surface area contributed by atoms with Crippen LogP contribution in [0.4, 0.5) is 15.9 Å². The summed E-state index contributed by atoms with van der Waals surface area (Å²) in [6, 6.07) is 3.02. The third kappa shape index (κ3) is 2.90. The lowest BCUT2D eigenvalue weighted by atomic mass is 10.3. The smallest absolute Gasteiger partial charge is 0.272 e. The Bertz CT molecular complexity index is 622. The van der Waals surface area contributed by atoms with Gasteiger partial charge in [0.1, 0.15) is 0 Å². The SMILES string of the molecule is NNc1cncc(Oc2ccc([N+](=O)[O-])cc2F)n1. The fraction of sp³-hybridized carbons (Fsp3) is 0. The number of nitro benzene ring substituents is 1. The standard InChI is InChI=1S/C10H8FN5O3/c11-7-3-6(16(17)18)1-2-8(7)19-10-5-13-4-9(14-10)15-12/h1-5H,12H2,(H,14,15). The largest absolute Gasteiger partial charge is 0.434 e. The molecule has 8 nitrogen and oxygen atoms in total. The second-order valence-electron chi connectivity index (χ2n) is 3.36. The van der Waals surface area contributed by atoms with E-state index in [0.29, 0.717) is 0 Å². The van der Waals surface area contributed by atoms with E-state index in [-0.39, 0.29) is 23.1 Å². The van der Waals surface area contributed by atoms with Crippen LogP contribution in [0.3, 0.4) is 0 Å². The molecule has 0 spiro atoms. The minimum absolute atomic E-state index is 0.00297. The lowest BCUT2D eigenvalue weighted by molar-refractivity contribution is -0.385. The molecule has 19 heavy (non-hydrogen) atoms. The summed E-state index contributed by atoms with van der Waals surface area (Å²) in [6.45, 7) is 0. The van der Waals surface area contributed by atoms with Crippen molar-refractivity contribution < 1.29 is 14.1 Å². The molecule has 0 saturated heterocycles. The average molecular weight is 265 g/mol. The minimum Gasteiger partial charge on any atom is -0.434 e. The van der Waals surface area contributed by atoms with Crippen molar-refractivity contribution in [1.29, 1.82) is 0 Å². The van der Waals surface area contributed by atoms with E-state index in [0.717, 1.165) is 18.2 Å². The Morgan fingerprint density at radius 1 is 1.42 bits per heavy atom. The number of nitrogen functional groups attached to an aromatic ring is 1. The molecule has 3 N–H and O–H groups in total. The van der Waals surface area contributed by atoms with Crippen molar-refractivity contribution in [2.45, 2.75) is 0 Å². The van der Waals surface area contributed by atoms with Gasteiger partial charge < -0.3 is 10.2 Å². The molecule has 0 aliphatic rings. The predicted molar refractivity (Wildman–Crippen MR) is 63.0 cm³/mol. The first kappa shape index (κ1) is 12.6. The number of hydrogen-bond donors (Lipinski definition) is 2. The van der Waals surface area contributed by atoms with Crippen LogP contribution in [0.1, 0.15) is 0 Å². The van der Waals surface area contributed by atoms with Gasteiger partial charge in [0.15, 0.2) is 17.4 Å². The highest BCUT2D eigenvalue weighted by Crippen LogP contribution is 2.26. The van der Waals surface area contributed by atoms with Crippen molar-refractivity contribution >= 4 is 11.5 Å². The number of hydrogen-bond acceptors (Lipinski definition) is 7. The number of anilines is 1. The van der Waals surface area contributed by atoms with Crippen molar-refractivity contribution in [2.75, 3.05) is 5.43 Å². The molecule has 1 aromatic carbocycles. The van der Waals surface area contributed by atoms with Gasteiger partial charge in [0.2, 0.25) is 5.88 Å². The first-order chi connectivity index (χ1) is 9.10. The van der Waals surface area contributed by atoms with E-state index >= 15 is 0 Å². The van der Waals surface area contributed by atoms with Crippen LogP contribution in [-0.4, -0.2) is 14.9 Å². The Kier molecular flexibility index (Phi) is 3.48. The van der Waals surface area contributed by atoms with E-state index in [1.165, 1.54) is 12.4 Å². The zero-order valence-corrected chi connectivity index (χ0v) is 9.41. The first-order valence-electron chi connectivity index (χ1n) is 5.00. The average Bonchev–Trinajstić information content (AvgIpc) is 2.41.